The Labute approximate surface area is 104 Å². The fourth-order valence-corrected chi connectivity index (χ4v) is 2.59. The fraction of sp³-hybridized carbons (Fsp3) is 0.600. The lowest BCUT2D eigenvalue weighted by molar-refractivity contribution is 0.174. The van der Waals surface area contributed by atoms with Gasteiger partial charge in [0.2, 0.25) is 0 Å². The van der Waals surface area contributed by atoms with Gasteiger partial charge in [0.25, 0.3) is 0 Å². The highest BCUT2D eigenvalue weighted by Gasteiger charge is 2.16. The second-order valence-electron chi connectivity index (χ2n) is 4.88. The topological polar surface area (TPSA) is 23.5 Å². The zero-order valence-corrected chi connectivity index (χ0v) is 10.7. The van der Waals surface area contributed by atoms with Crippen LogP contribution in [0, 0.1) is 0 Å². The van der Waals surface area contributed by atoms with Gasteiger partial charge in [-0.25, -0.2) is 0 Å². The van der Waals surface area contributed by atoms with Crippen LogP contribution in [0.4, 0.5) is 5.69 Å². The molecule has 0 aliphatic carbocycles. The smallest absolute Gasteiger partial charge is 0.0807 e. The van der Waals surface area contributed by atoms with E-state index in [9.17, 15) is 5.11 Å². The van der Waals surface area contributed by atoms with Gasteiger partial charge in [-0.15, -0.1) is 0 Å². The van der Waals surface area contributed by atoms with Crippen molar-refractivity contribution in [1.29, 1.82) is 0 Å². The summed E-state index contributed by atoms with van der Waals surface area (Å²) in [4.78, 5) is 2.45. The Hall–Kier alpha value is -1.02. The van der Waals surface area contributed by atoms with E-state index >= 15 is 0 Å². The maximum atomic E-state index is 10.1. The molecule has 1 aromatic carbocycles. The van der Waals surface area contributed by atoms with Crippen LogP contribution in [0.1, 0.15) is 50.7 Å². The zero-order chi connectivity index (χ0) is 12.1. The standard InChI is InChI=1S/C15H23NO/c1-2-15(17)13-9-5-6-10-14(13)16-11-7-3-4-8-12-16/h5-6,9-10,15,17H,2-4,7-8,11-12H2,1H3/t15-/m0/s1. The van der Waals surface area contributed by atoms with E-state index in [1.807, 2.05) is 13.0 Å². The minimum atomic E-state index is -0.325. The highest BCUT2D eigenvalue weighted by molar-refractivity contribution is 5.54. The van der Waals surface area contributed by atoms with Crippen molar-refractivity contribution in [2.24, 2.45) is 0 Å². The fourth-order valence-electron chi connectivity index (χ4n) is 2.59. The number of benzene rings is 1. The Bertz CT molecular complexity index is 343. The number of hydrogen-bond donors (Lipinski definition) is 1. The summed E-state index contributed by atoms with van der Waals surface area (Å²) in [5.74, 6) is 0. The molecule has 0 saturated carbocycles. The summed E-state index contributed by atoms with van der Waals surface area (Å²) in [6.45, 7) is 4.30. The maximum Gasteiger partial charge on any atom is 0.0807 e. The minimum absolute atomic E-state index is 0.325. The highest BCUT2D eigenvalue weighted by atomic mass is 16.3. The van der Waals surface area contributed by atoms with E-state index in [0.29, 0.717) is 0 Å². The van der Waals surface area contributed by atoms with E-state index < -0.39 is 0 Å². The third-order valence-electron chi connectivity index (χ3n) is 3.63. The van der Waals surface area contributed by atoms with Gasteiger partial charge in [-0.2, -0.15) is 0 Å². The van der Waals surface area contributed by atoms with Gasteiger partial charge in [-0.3, -0.25) is 0 Å². The van der Waals surface area contributed by atoms with Crippen molar-refractivity contribution in [3.63, 3.8) is 0 Å². The van der Waals surface area contributed by atoms with Crippen LogP contribution in [0.15, 0.2) is 24.3 Å². The molecule has 2 rings (SSSR count). The van der Waals surface area contributed by atoms with Crippen molar-refractivity contribution in [2.45, 2.75) is 45.1 Å². The summed E-state index contributed by atoms with van der Waals surface area (Å²) in [6.07, 6.45) is 5.69. The predicted octanol–water partition coefficient (Wildman–Crippen LogP) is 3.51. The summed E-state index contributed by atoms with van der Waals surface area (Å²) in [7, 11) is 0. The molecule has 1 aromatic rings. The largest absolute Gasteiger partial charge is 0.388 e. The lowest BCUT2D eigenvalue weighted by Crippen LogP contribution is -2.25. The maximum absolute atomic E-state index is 10.1. The quantitative estimate of drug-likeness (QED) is 0.863. The highest BCUT2D eigenvalue weighted by Crippen LogP contribution is 2.29. The van der Waals surface area contributed by atoms with Gasteiger partial charge in [0.05, 0.1) is 6.10 Å². The molecule has 0 unspecified atom stereocenters. The molecule has 0 spiro atoms. The number of para-hydroxylation sites is 1. The molecule has 1 aliphatic heterocycles. The first-order valence-corrected chi connectivity index (χ1v) is 6.85. The van der Waals surface area contributed by atoms with Crippen LogP contribution in [0.3, 0.4) is 0 Å². The number of nitrogens with zero attached hydrogens (tertiary/aromatic N) is 1. The average Bonchev–Trinajstić information content (AvgIpc) is 2.66. The van der Waals surface area contributed by atoms with Crippen LogP contribution >= 0.6 is 0 Å². The molecule has 0 amide bonds. The molecule has 94 valence electrons. The summed E-state index contributed by atoms with van der Waals surface area (Å²) >= 11 is 0. The molecular formula is C15H23NO. The first-order valence-electron chi connectivity index (χ1n) is 6.85. The van der Waals surface area contributed by atoms with Crippen LogP contribution < -0.4 is 4.90 Å². The van der Waals surface area contributed by atoms with Crippen LogP contribution in [-0.2, 0) is 0 Å². The van der Waals surface area contributed by atoms with E-state index in [0.717, 1.165) is 25.1 Å². The molecule has 0 aromatic heterocycles. The first kappa shape index (κ1) is 12.4. The molecule has 1 saturated heterocycles. The molecule has 1 aliphatic rings. The first-order chi connectivity index (χ1) is 8.33. The Morgan fingerprint density at radius 3 is 2.41 bits per heavy atom. The Morgan fingerprint density at radius 1 is 1.12 bits per heavy atom. The lowest BCUT2D eigenvalue weighted by Gasteiger charge is -2.26. The third-order valence-corrected chi connectivity index (χ3v) is 3.63. The van der Waals surface area contributed by atoms with Crippen LogP contribution in [-0.4, -0.2) is 18.2 Å². The second-order valence-corrected chi connectivity index (χ2v) is 4.88. The van der Waals surface area contributed by atoms with Crippen LogP contribution in [0.5, 0.6) is 0 Å². The Morgan fingerprint density at radius 2 is 1.76 bits per heavy atom. The lowest BCUT2D eigenvalue weighted by atomic mass is 10.0. The molecule has 17 heavy (non-hydrogen) atoms. The van der Waals surface area contributed by atoms with Crippen molar-refractivity contribution in [3.05, 3.63) is 29.8 Å². The van der Waals surface area contributed by atoms with Crippen molar-refractivity contribution in [3.8, 4) is 0 Å². The second kappa shape index (κ2) is 6.06. The van der Waals surface area contributed by atoms with Gasteiger partial charge in [-0.1, -0.05) is 38.0 Å². The molecule has 2 nitrogen and oxygen atoms in total. The van der Waals surface area contributed by atoms with Gasteiger partial charge in [-0.05, 0) is 25.3 Å². The van der Waals surface area contributed by atoms with Crippen molar-refractivity contribution >= 4 is 5.69 Å². The van der Waals surface area contributed by atoms with E-state index in [1.54, 1.807) is 0 Å². The van der Waals surface area contributed by atoms with E-state index in [1.165, 1.54) is 31.4 Å². The normalized spacial score (nSPS) is 18.8. The summed E-state index contributed by atoms with van der Waals surface area (Å²) in [5.41, 5.74) is 2.33. The molecule has 1 N–H and O–H groups in total. The van der Waals surface area contributed by atoms with Gasteiger partial charge in [0.1, 0.15) is 0 Å². The SMILES string of the molecule is CC[C@H](O)c1ccccc1N1CCCCCC1. The zero-order valence-electron chi connectivity index (χ0n) is 10.7. The minimum Gasteiger partial charge on any atom is -0.388 e. The van der Waals surface area contributed by atoms with Gasteiger partial charge in [0.15, 0.2) is 0 Å². The summed E-state index contributed by atoms with van der Waals surface area (Å²) < 4.78 is 0. The van der Waals surface area contributed by atoms with Crippen molar-refractivity contribution < 1.29 is 5.11 Å². The molecule has 1 atom stereocenters. The molecule has 1 heterocycles. The molecule has 0 radical (unpaired) electrons. The van der Waals surface area contributed by atoms with Crippen LogP contribution in [0.25, 0.3) is 0 Å². The molecule has 1 fully saturated rings. The van der Waals surface area contributed by atoms with E-state index in [2.05, 4.69) is 23.1 Å². The Kier molecular flexibility index (Phi) is 4.43. The van der Waals surface area contributed by atoms with E-state index in [-0.39, 0.29) is 6.10 Å². The number of anilines is 1. The molecule has 0 bridgehead atoms. The Balaban J connectivity index is 2.23. The third kappa shape index (κ3) is 3.01. The molecule has 2 heteroatoms. The van der Waals surface area contributed by atoms with Gasteiger partial charge < -0.3 is 10.0 Å². The van der Waals surface area contributed by atoms with Crippen LogP contribution in [0.2, 0.25) is 0 Å². The number of hydrogen-bond acceptors (Lipinski definition) is 2. The summed E-state index contributed by atoms with van der Waals surface area (Å²) in [5, 5.41) is 10.1. The number of rotatable bonds is 3. The summed E-state index contributed by atoms with van der Waals surface area (Å²) in [6, 6.07) is 8.32. The van der Waals surface area contributed by atoms with E-state index in [4.69, 9.17) is 0 Å². The van der Waals surface area contributed by atoms with Gasteiger partial charge in [0, 0.05) is 24.3 Å². The number of aliphatic hydroxyl groups is 1. The van der Waals surface area contributed by atoms with Crippen molar-refractivity contribution in [2.75, 3.05) is 18.0 Å². The monoisotopic (exact) mass is 233 g/mol. The van der Waals surface area contributed by atoms with Crippen molar-refractivity contribution in [1.82, 2.24) is 0 Å². The molecular weight excluding hydrogens is 210 g/mol. The van der Waals surface area contributed by atoms with Gasteiger partial charge >= 0.3 is 0 Å². The number of aliphatic hydroxyl groups excluding tert-OH is 1. The predicted molar refractivity (Wildman–Crippen MR) is 72.4 cm³/mol. The average molecular weight is 233 g/mol.